The van der Waals surface area contributed by atoms with Crippen LogP contribution in [-0.2, 0) is 9.59 Å². The molecule has 2 amide bonds. The van der Waals surface area contributed by atoms with E-state index in [1.807, 2.05) is 36.4 Å². The first-order valence-corrected chi connectivity index (χ1v) is 5.98. The average Bonchev–Trinajstić information content (AvgIpc) is 2.76. The van der Waals surface area contributed by atoms with Gasteiger partial charge in [0.05, 0.1) is 11.3 Å². The monoisotopic (exact) mass is 249 g/mol. The third kappa shape index (κ3) is 1.95. The van der Waals surface area contributed by atoms with Crippen molar-refractivity contribution in [2.24, 2.45) is 0 Å². The minimum atomic E-state index is -0.296. The van der Waals surface area contributed by atoms with Crippen LogP contribution in [0.5, 0.6) is 0 Å². The molecule has 3 nitrogen and oxygen atoms in total. The van der Waals surface area contributed by atoms with Crippen molar-refractivity contribution in [1.29, 1.82) is 0 Å². The number of nitrogens with zero attached hydrogens (tertiary/aromatic N) is 1. The summed E-state index contributed by atoms with van der Waals surface area (Å²) in [6, 6.07) is 18.2. The maximum absolute atomic E-state index is 12.4. The van der Waals surface area contributed by atoms with Crippen LogP contribution in [0.2, 0.25) is 0 Å². The van der Waals surface area contributed by atoms with Gasteiger partial charge in [0.25, 0.3) is 11.8 Å². The first-order valence-electron chi connectivity index (χ1n) is 5.98. The van der Waals surface area contributed by atoms with Crippen LogP contribution < -0.4 is 4.90 Å². The minimum Gasteiger partial charge on any atom is -0.269 e. The lowest BCUT2D eigenvalue weighted by atomic mass is 10.1. The number of rotatable bonds is 2. The molecule has 1 heterocycles. The van der Waals surface area contributed by atoms with Gasteiger partial charge < -0.3 is 0 Å². The molecular formula is C16H11NO2. The molecule has 3 heteroatoms. The summed E-state index contributed by atoms with van der Waals surface area (Å²) in [4.78, 5) is 25.5. The molecule has 19 heavy (non-hydrogen) atoms. The fourth-order valence-electron chi connectivity index (χ4n) is 2.12. The van der Waals surface area contributed by atoms with Crippen LogP contribution in [0.4, 0.5) is 5.69 Å². The summed E-state index contributed by atoms with van der Waals surface area (Å²) in [5.41, 5.74) is 1.80. The largest absolute Gasteiger partial charge is 0.269 e. The molecule has 0 radical (unpaired) electrons. The Morgan fingerprint density at radius 3 is 1.95 bits per heavy atom. The predicted octanol–water partition coefficient (Wildman–Crippen LogP) is 2.64. The molecular weight excluding hydrogens is 238 g/mol. The van der Waals surface area contributed by atoms with Gasteiger partial charge in [-0.1, -0.05) is 48.5 Å². The van der Waals surface area contributed by atoms with Gasteiger partial charge in [-0.3, -0.25) is 9.59 Å². The molecule has 92 valence electrons. The number of carbonyl (C=O) groups is 2. The molecule has 0 fully saturated rings. The van der Waals surface area contributed by atoms with Crippen LogP contribution in [0.3, 0.4) is 0 Å². The molecule has 0 spiro atoms. The summed E-state index contributed by atoms with van der Waals surface area (Å²) < 4.78 is 0. The van der Waals surface area contributed by atoms with E-state index in [1.165, 1.54) is 11.0 Å². The van der Waals surface area contributed by atoms with Crippen molar-refractivity contribution in [2.75, 3.05) is 4.90 Å². The summed E-state index contributed by atoms with van der Waals surface area (Å²) in [5.74, 6) is -0.572. The van der Waals surface area contributed by atoms with Crippen LogP contribution in [-0.4, -0.2) is 11.8 Å². The van der Waals surface area contributed by atoms with Crippen molar-refractivity contribution >= 4 is 23.1 Å². The van der Waals surface area contributed by atoms with Crippen LogP contribution in [0.15, 0.2) is 66.7 Å². The van der Waals surface area contributed by atoms with E-state index in [1.54, 1.807) is 24.3 Å². The Bertz CT molecular complexity index is 660. The van der Waals surface area contributed by atoms with Gasteiger partial charge in [0.1, 0.15) is 0 Å². The van der Waals surface area contributed by atoms with Gasteiger partial charge in [0, 0.05) is 6.08 Å². The normalized spacial score (nSPS) is 14.7. The highest BCUT2D eigenvalue weighted by Crippen LogP contribution is 2.27. The van der Waals surface area contributed by atoms with Crippen molar-refractivity contribution in [3.8, 4) is 0 Å². The Hall–Kier alpha value is -2.68. The predicted molar refractivity (Wildman–Crippen MR) is 73.4 cm³/mol. The lowest BCUT2D eigenvalue weighted by molar-refractivity contribution is -0.119. The molecule has 0 aromatic heterocycles. The van der Waals surface area contributed by atoms with Crippen LogP contribution >= 0.6 is 0 Å². The van der Waals surface area contributed by atoms with Crippen LogP contribution in [0.25, 0.3) is 5.57 Å². The van der Waals surface area contributed by atoms with Crippen LogP contribution in [0, 0.1) is 0 Å². The Labute approximate surface area is 110 Å². The van der Waals surface area contributed by atoms with E-state index >= 15 is 0 Å². The average molecular weight is 249 g/mol. The van der Waals surface area contributed by atoms with Gasteiger partial charge in [-0.15, -0.1) is 0 Å². The first-order chi connectivity index (χ1) is 9.27. The number of hydrogen-bond donors (Lipinski definition) is 0. The van der Waals surface area contributed by atoms with E-state index in [-0.39, 0.29) is 11.8 Å². The van der Waals surface area contributed by atoms with E-state index in [0.29, 0.717) is 11.3 Å². The highest BCUT2D eigenvalue weighted by atomic mass is 16.2. The Kier molecular flexibility index (Phi) is 2.72. The van der Waals surface area contributed by atoms with Gasteiger partial charge >= 0.3 is 0 Å². The van der Waals surface area contributed by atoms with Gasteiger partial charge in [-0.25, -0.2) is 4.90 Å². The number of imide groups is 1. The molecule has 0 unspecified atom stereocenters. The zero-order valence-electron chi connectivity index (χ0n) is 10.1. The van der Waals surface area contributed by atoms with Gasteiger partial charge in [-0.05, 0) is 17.7 Å². The summed E-state index contributed by atoms with van der Waals surface area (Å²) in [7, 11) is 0. The lowest BCUT2D eigenvalue weighted by Gasteiger charge is -2.14. The Morgan fingerprint density at radius 1 is 0.737 bits per heavy atom. The second-order valence-electron chi connectivity index (χ2n) is 4.24. The molecule has 0 saturated heterocycles. The van der Waals surface area contributed by atoms with E-state index < -0.39 is 0 Å². The van der Waals surface area contributed by atoms with Crippen molar-refractivity contribution in [3.63, 3.8) is 0 Å². The van der Waals surface area contributed by atoms with Gasteiger partial charge in [-0.2, -0.15) is 0 Å². The number of amides is 2. The summed E-state index contributed by atoms with van der Waals surface area (Å²) in [6.45, 7) is 0. The zero-order chi connectivity index (χ0) is 13.2. The van der Waals surface area contributed by atoms with E-state index in [9.17, 15) is 9.59 Å². The molecule has 0 saturated carbocycles. The summed E-state index contributed by atoms with van der Waals surface area (Å²) >= 11 is 0. The smallest absolute Gasteiger partial charge is 0.266 e. The highest BCUT2D eigenvalue weighted by Gasteiger charge is 2.32. The zero-order valence-corrected chi connectivity index (χ0v) is 10.1. The summed E-state index contributed by atoms with van der Waals surface area (Å²) in [6.07, 6.45) is 1.39. The van der Waals surface area contributed by atoms with E-state index in [2.05, 4.69) is 0 Å². The quantitative estimate of drug-likeness (QED) is 0.767. The molecule has 2 aromatic carbocycles. The number of carbonyl (C=O) groups excluding carboxylic acids is 2. The molecule has 3 rings (SSSR count). The van der Waals surface area contributed by atoms with E-state index in [0.717, 1.165) is 5.56 Å². The third-order valence-electron chi connectivity index (χ3n) is 3.02. The first kappa shape index (κ1) is 11.4. The standard InChI is InChI=1S/C16H11NO2/c18-15-11-14(12-7-3-1-4-8-12)16(19)17(15)13-9-5-2-6-10-13/h1-11H. The molecule has 1 aliphatic rings. The second-order valence-corrected chi connectivity index (χ2v) is 4.24. The molecule has 0 atom stereocenters. The maximum Gasteiger partial charge on any atom is 0.266 e. The number of benzene rings is 2. The number of para-hydroxylation sites is 1. The lowest BCUT2D eigenvalue weighted by Crippen LogP contribution is -2.30. The highest BCUT2D eigenvalue weighted by molar-refractivity contribution is 6.43. The fraction of sp³-hybridized carbons (Fsp3) is 0. The molecule has 2 aromatic rings. The SMILES string of the molecule is O=C1C=C(c2ccccc2)C(=O)N1c1ccccc1. The van der Waals surface area contributed by atoms with Crippen molar-refractivity contribution in [3.05, 3.63) is 72.3 Å². The molecule has 0 N–H and O–H groups in total. The Morgan fingerprint density at radius 2 is 1.32 bits per heavy atom. The molecule has 1 aliphatic heterocycles. The van der Waals surface area contributed by atoms with Crippen molar-refractivity contribution < 1.29 is 9.59 Å². The van der Waals surface area contributed by atoms with Gasteiger partial charge in [0.2, 0.25) is 0 Å². The van der Waals surface area contributed by atoms with Crippen LogP contribution in [0.1, 0.15) is 5.56 Å². The fourth-order valence-corrected chi connectivity index (χ4v) is 2.12. The third-order valence-corrected chi connectivity index (χ3v) is 3.02. The molecule has 0 bridgehead atoms. The van der Waals surface area contributed by atoms with Crippen molar-refractivity contribution in [1.82, 2.24) is 0 Å². The topological polar surface area (TPSA) is 37.4 Å². The second kappa shape index (κ2) is 4.53. The molecule has 0 aliphatic carbocycles. The number of hydrogen-bond acceptors (Lipinski definition) is 2. The number of anilines is 1. The Balaban J connectivity index is 1.99. The summed E-state index contributed by atoms with van der Waals surface area (Å²) in [5, 5.41) is 0. The van der Waals surface area contributed by atoms with Crippen molar-refractivity contribution in [2.45, 2.75) is 0 Å². The minimum absolute atomic E-state index is 0.276. The van der Waals surface area contributed by atoms with E-state index in [4.69, 9.17) is 0 Å². The van der Waals surface area contributed by atoms with Gasteiger partial charge in [0.15, 0.2) is 0 Å². The maximum atomic E-state index is 12.4.